The fourth-order valence-electron chi connectivity index (χ4n) is 3.12. The van der Waals surface area contributed by atoms with Crippen LogP contribution < -0.4 is 10.1 Å². The third-order valence-electron chi connectivity index (χ3n) is 5.32. The van der Waals surface area contributed by atoms with Crippen LogP contribution in [0.4, 0.5) is 0 Å². The van der Waals surface area contributed by atoms with Crippen molar-refractivity contribution in [1.29, 1.82) is 0 Å². The Labute approximate surface area is 160 Å². The van der Waals surface area contributed by atoms with E-state index in [4.69, 9.17) is 4.74 Å². The van der Waals surface area contributed by atoms with E-state index < -0.39 is 22.4 Å². The summed E-state index contributed by atoms with van der Waals surface area (Å²) in [6, 6.07) is 11.5. The molecule has 5 nitrogen and oxygen atoms in total. The molecule has 2 rings (SSSR count). The summed E-state index contributed by atoms with van der Waals surface area (Å²) >= 11 is 0. The van der Waals surface area contributed by atoms with E-state index >= 15 is 0 Å². The smallest absolute Gasteiger partial charge is 0.314 e. The van der Waals surface area contributed by atoms with Gasteiger partial charge in [0.05, 0.1) is 12.0 Å². The summed E-state index contributed by atoms with van der Waals surface area (Å²) in [5, 5.41) is 14.4. The lowest BCUT2D eigenvalue weighted by Crippen LogP contribution is -2.44. The van der Waals surface area contributed by atoms with Gasteiger partial charge >= 0.3 is 5.97 Å². The quantitative estimate of drug-likeness (QED) is 0.718. The number of benzene rings is 2. The molecule has 1 unspecified atom stereocenters. The van der Waals surface area contributed by atoms with E-state index in [1.54, 1.807) is 6.92 Å². The summed E-state index contributed by atoms with van der Waals surface area (Å²) in [4.78, 5) is 22.6. The van der Waals surface area contributed by atoms with E-state index in [1.165, 1.54) is 0 Å². The van der Waals surface area contributed by atoms with Crippen LogP contribution in [0, 0.1) is 5.41 Å². The summed E-state index contributed by atoms with van der Waals surface area (Å²) in [6.07, 6.45) is 0.654. The van der Waals surface area contributed by atoms with Gasteiger partial charge < -0.3 is 15.2 Å². The van der Waals surface area contributed by atoms with Crippen molar-refractivity contribution >= 4 is 23.2 Å². The van der Waals surface area contributed by atoms with Crippen molar-refractivity contribution in [3.63, 3.8) is 0 Å². The monoisotopic (exact) mass is 371 g/mol. The Morgan fingerprint density at radius 1 is 1.04 bits per heavy atom. The average Bonchev–Trinajstić information content (AvgIpc) is 2.57. The molecule has 0 saturated carbocycles. The second-order valence-corrected chi connectivity index (χ2v) is 8.76. The molecule has 0 fully saturated rings. The van der Waals surface area contributed by atoms with Gasteiger partial charge in [0.2, 0.25) is 6.41 Å². The van der Waals surface area contributed by atoms with Gasteiger partial charge in [0.25, 0.3) is 0 Å². The van der Waals surface area contributed by atoms with Crippen molar-refractivity contribution < 1.29 is 19.4 Å². The number of hydrogen-bond donors (Lipinski definition) is 2. The number of aliphatic carboxylic acids is 1. The number of ether oxygens (including phenoxy) is 1. The molecular weight excluding hydrogens is 342 g/mol. The lowest BCUT2D eigenvalue weighted by Gasteiger charge is -2.38. The number of nitrogens with one attached hydrogen (secondary N) is 1. The molecular formula is C22H29NO4. The second-order valence-electron chi connectivity index (χ2n) is 8.76. The normalized spacial score (nSPS) is 14.4. The highest BCUT2D eigenvalue weighted by Gasteiger charge is 2.46. The van der Waals surface area contributed by atoms with Crippen LogP contribution in [0.2, 0.25) is 0 Å². The molecule has 0 aliphatic rings. The third-order valence-corrected chi connectivity index (χ3v) is 5.32. The summed E-state index contributed by atoms with van der Waals surface area (Å²) in [6.45, 7) is 11.8. The molecule has 0 radical (unpaired) electrons. The maximum absolute atomic E-state index is 12.1. The first-order valence-corrected chi connectivity index (χ1v) is 9.04. The molecule has 1 atom stereocenters. The van der Waals surface area contributed by atoms with Crippen LogP contribution in [-0.4, -0.2) is 29.6 Å². The van der Waals surface area contributed by atoms with Crippen molar-refractivity contribution in [3.8, 4) is 5.75 Å². The Morgan fingerprint density at radius 2 is 1.63 bits per heavy atom. The lowest BCUT2D eigenvalue weighted by molar-refractivity contribution is -0.147. The predicted octanol–water partition coefficient (Wildman–Crippen LogP) is 4.13. The summed E-state index contributed by atoms with van der Waals surface area (Å²) < 4.78 is 5.99. The maximum Gasteiger partial charge on any atom is 0.314 e. The molecule has 1 amide bonds. The minimum atomic E-state index is -1.00. The van der Waals surface area contributed by atoms with Gasteiger partial charge in [-0.1, -0.05) is 39.0 Å². The zero-order valence-electron chi connectivity index (χ0n) is 16.9. The van der Waals surface area contributed by atoms with E-state index in [9.17, 15) is 14.7 Å². The number of carbonyl (C=O) groups is 2. The maximum atomic E-state index is 12.1. The van der Waals surface area contributed by atoms with Gasteiger partial charge in [-0.2, -0.15) is 0 Å². The SMILES string of the molecule is CC(C)(CNC=O)Oc1ccc2cc(C(C)(C(=O)O)C(C)(C)C)ccc2c1. The van der Waals surface area contributed by atoms with Crippen molar-refractivity contribution in [2.45, 2.75) is 52.6 Å². The summed E-state index contributed by atoms with van der Waals surface area (Å²) in [5.74, 6) is -0.136. The molecule has 2 aromatic rings. The molecule has 0 saturated heterocycles. The van der Waals surface area contributed by atoms with Crippen LogP contribution in [0.5, 0.6) is 5.75 Å². The van der Waals surface area contributed by atoms with Crippen LogP contribution in [0.15, 0.2) is 36.4 Å². The molecule has 27 heavy (non-hydrogen) atoms. The van der Waals surface area contributed by atoms with Crippen molar-refractivity contribution in [3.05, 3.63) is 42.0 Å². The van der Waals surface area contributed by atoms with Gasteiger partial charge in [0, 0.05) is 0 Å². The second kappa shape index (κ2) is 7.22. The zero-order chi connectivity index (χ0) is 20.5. The van der Waals surface area contributed by atoms with E-state index in [0.29, 0.717) is 18.7 Å². The zero-order valence-corrected chi connectivity index (χ0v) is 16.9. The topological polar surface area (TPSA) is 75.6 Å². The first-order valence-electron chi connectivity index (χ1n) is 9.04. The molecule has 0 aliphatic heterocycles. The molecule has 5 heteroatoms. The number of carboxylic acid groups (broad SMARTS) is 1. The summed E-state index contributed by atoms with van der Waals surface area (Å²) in [7, 11) is 0. The first kappa shape index (κ1) is 20.7. The fraction of sp³-hybridized carbons (Fsp3) is 0.455. The Kier molecular flexibility index (Phi) is 5.55. The number of fused-ring (bicyclic) bond motifs is 1. The number of rotatable bonds is 7. The molecule has 0 aromatic heterocycles. The van der Waals surface area contributed by atoms with E-state index in [1.807, 2.05) is 71.0 Å². The first-order chi connectivity index (χ1) is 12.4. The molecule has 0 bridgehead atoms. The van der Waals surface area contributed by atoms with E-state index in [-0.39, 0.29) is 0 Å². The highest BCUT2D eigenvalue weighted by molar-refractivity contribution is 5.88. The van der Waals surface area contributed by atoms with Gasteiger partial charge in [-0.25, -0.2) is 0 Å². The molecule has 2 aromatic carbocycles. The van der Waals surface area contributed by atoms with Gasteiger partial charge in [-0.05, 0) is 60.7 Å². The molecule has 2 N–H and O–H groups in total. The van der Waals surface area contributed by atoms with E-state index in [0.717, 1.165) is 16.3 Å². The summed E-state index contributed by atoms with van der Waals surface area (Å²) in [5.41, 5.74) is -1.20. The third kappa shape index (κ3) is 4.24. The van der Waals surface area contributed by atoms with Crippen molar-refractivity contribution in [2.75, 3.05) is 6.54 Å². The number of amides is 1. The predicted molar refractivity (Wildman–Crippen MR) is 107 cm³/mol. The molecule has 0 heterocycles. The Bertz CT molecular complexity index is 851. The van der Waals surface area contributed by atoms with Crippen molar-refractivity contribution in [1.82, 2.24) is 5.32 Å². The number of carboxylic acids is 1. The van der Waals surface area contributed by atoms with Crippen molar-refractivity contribution in [2.24, 2.45) is 5.41 Å². The Balaban J connectivity index is 2.40. The number of carbonyl (C=O) groups excluding carboxylic acids is 1. The fourth-order valence-corrected chi connectivity index (χ4v) is 3.12. The molecule has 146 valence electrons. The highest BCUT2D eigenvalue weighted by Crippen LogP contribution is 2.42. The van der Waals surface area contributed by atoms with Gasteiger partial charge in [-0.15, -0.1) is 0 Å². The van der Waals surface area contributed by atoms with Crippen LogP contribution in [0.1, 0.15) is 47.1 Å². The average molecular weight is 371 g/mol. The minimum absolute atomic E-state index is 0.399. The van der Waals surface area contributed by atoms with Gasteiger partial charge in [0.1, 0.15) is 11.4 Å². The minimum Gasteiger partial charge on any atom is -0.486 e. The Hall–Kier alpha value is -2.56. The van der Waals surface area contributed by atoms with Gasteiger partial charge in [0.15, 0.2) is 0 Å². The largest absolute Gasteiger partial charge is 0.486 e. The number of hydrogen-bond acceptors (Lipinski definition) is 3. The van der Waals surface area contributed by atoms with Crippen LogP contribution in [0.25, 0.3) is 10.8 Å². The Morgan fingerprint density at radius 3 is 2.19 bits per heavy atom. The van der Waals surface area contributed by atoms with E-state index in [2.05, 4.69) is 5.32 Å². The standard InChI is InChI=1S/C22H29NO4/c1-20(2,3)22(6,19(25)26)17-9-7-16-12-18(10-8-15(16)11-17)27-21(4,5)13-23-14-24/h7-12,14H,13H2,1-6H3,(H,23,24)(H,25,26). The highest BCUT2D eigenvalue weighted by atomic mass is 16.5. The lowest BCUT2D eigenvalue weighted by atomic mass is 9.64. The van der Waals surface area contributed by atoms with Crippen LogP contribution in [-0.2, 0) is 15.0 Å². The van der Waals surface area contributed by atoms with Crippen LogP contribution >= 0.6 is 0 Å². The molecule has 0 aliphatic carbocycles. The molecule has 0 spiro atoms. The van der Waals surface area contributed by atoms with Crippen LogP contribution in [0.3, 0.4) is 0 Å². The van der Waals surface area contributed by atoms with Gasteiger partial charge in [-0.3, -0.25) is 9.59 Å².